The Kier molecular flexibility index (Phi) is 2.60. The number of benzene rings is 1. The lowest BCUT2D eigenvalue weighted by molar-refractivity contribution is 0.112. The Hall–Kier alpha value is -1.55. The number of rotatable bonds is 3. The van der Waals surface area contributed by atoms with Crippen LogP contribution in [0.4, 0.5) is 0 Å². The Morgan fingerprint density at radius 2 is 2.07 bits per heavy atom. The highest BCUT2D eigenvalue weighted by molar-refractivity contribution is 7.21. The van der Waals surface area contributed by atoms with E-state index in [1.807, 2.05) is 18.2 Å². The lowest BCUT2D eigenvalue weighted by atomic mass is 10.2. The highest BCUT2D eigenvalue weighted by Crippen LogP contribution is 2.37. The zero-order valence-electron chi connectivity index (χ0n) is 8.44. The van der Waals surface area contributed by atoms with E-state index in [0.29, 0.717) is 10.6 Å². The minimum Gasteiger partial charge on any atom is -0.497 e. The maximum atomic E-state index is 10.9. The first-order valence-corrected chi connectivity index (χ1v) is 5.21. The smallest absolute Gasteiger partial charge is 0.185 e. The summed E-state index contributed by atoms with van der Waals surface area (Å²) in [5.41, 5.74) is 0.611. The van der Waals surface area contributed by atoms with E-state index in [-0.39, 0.29) is 0 Å². The summed E-state index contributed by atoms with van der Waals surface area (Å²) in [5, 5.41) is 1.56. The number of hydrogen-bond acceptors (Lipinski definition) is 4. The Bertz CT molecular complexity index is 502. The van der Waals surface area contributed by atoms with E-state index >= 15 is 0 Å². The Balaban J connectivity index is 2.70. The highest BCUT2D eigenvalue weighted by atomic mass is 32.1. The molecule has 0 radical (unpaired) electrons. The number of methoxy groups -OCH3 is 2. The van der Waals surface area contributed by atoms with E-state index in [1.165, 1.54) is 11.3 Å². The van der Waals surface area contributed by atoms with Crippen LogP contribution in [0.2, 0.25) is 0 Å². The van der Waals surface area contributed by atoms with Crippen LogP contribution in [-0.2, 0) is 0 Å². The van der Waals surface area contributed by atoms with Crippen LogP contribution in [0.3, 0.4) is 0 Å². The van der Waals surface area contributed by atoms with Crippen LogP contribution < -0.4 is 9.47 Å². The van der Waals surface area contributed by atoms with Gasteiger partial charge in [-0.3, -0.25) is 4.79 Å². The minimum atomic E-state index is 0.611. The minimum absolute atomic E-state index is 0.611. The van der Waals surface area contributed by atoms with Crippen molar-refractivity contribution in [3.8, 4) is 10.8 Å². The molecule has 0 unspecified atom stereocenters. The third kappa shape index (κ3) is 1.57. The summed E-state index contributed by atoms with van der Waals surface area (Å²) in [4.78, 5) is 10.9. The fourth-order valence-electron chi connectivity index (χ4n) is 1.46. The molecule has 0 aliphatic heterocycles. The standard InChI is InChI=1S/C11H10O3S/c1-13-7-3-4-8-9(6-12)11(14-2)15-10(8)5-7/h3-6H,1-2H3. The molecule has 0 aliphatic rings. The van der Waals surface area contributed by atoms with Gasteiger partial charge in [0.05, 0.1) is 19.8 Å². The van der Waals surface area contributed by atoms with E-state index in [0.717, 1.165) is 22.1 Å². The van der Waals surface area contributed by atoms with E-state index in [4.69, 9.17) is 9.47 Å². The molecule has 0 saturated heterocycles. The summed E-state index contributed by atoms with van der Waals surface area (Å²) in [5.74, 6) is 0.781. The summed E-state index contributed by atoms with van der Waals surface area (Å²) >= 11 is 1.44. The molecule has 0 bridgehead atoms. The number of carbonyl (C=O) groups excluding carboxylic acids is 1. The fourth-order valence-corrected chi connectivity index (χ4v) is 2.48. The van der Waals surface area contributed by atoms with Gasteiger partial charge in [-0.05, 0) is 18.2 Å². The summed E-state index contributed by atoms with van der Waals surface area (Å²) in [6, 6.07) is 5.61. The third-order valence-corrected chi connectivity index (χ3v) is 3.33. The number of ether oxygens (including phenoxy) is 2. The monoisotopic (exact) mass is 222 g/mol. The molecule has 15 heavy (non-hydrogen) atoms. The first-order chi connectivity index (χ1) is 7.30. The lowest BCUT2D eigenvalue weighted by Crippen LogP contribution is -1.84. The Labute approximate surface area is 91.2 Å². The van der Waals surface area contributed by atoms with Gasteiger partial charge >= 0.3 is 0 Å². The molecule has 0 fully saturated rings. The summed E-state index contributed by atoms with van der Waals surface area (Å²) < 4.78 is 11.3. The second-order valence-corrected chi connectivity index (χ2v) is 4.00. The largest absolute Gasteiger partial charge is 0.497 e. The van der Waals surface area contributed by atoms with Crippen LogP contribution in [-0.4, -0.2) is 20.5 Å². The second kappa shape index (κ2) is 3.90. The molecule has 3 nitrogen and oxygen atoms in total. The van der Waals surface area contributed by atoms with Crippen LogP contribution in [0.25, 0.3) is 10.1 Å². The van der Waals surface area contributed by atoms with Crippen LogP contribution >= 0.6 is 11.3 Å². The molecule has 1 aromatic heterocycles. The lowest BCUT2D eigenvalue weighted by Gasteiger charge is -1.97. The van der Waals surface area contributed by atoms with Gasteiger partial charge in [0, 0.05) is 10.1 Å². The third-order valence-electron chi connectivity index (χ3n) is 2.20. The first-order valence-electron chi connectivity index (χ1n) is 4.40. The van der Waals surface area contributed by atoms with Crippen molar-refractivity contribution in [1.29, 1.82) is 0 Å². The van der Waals surface area contributed by atoms with Crippen LogP contribution in [0.15, 0.2) is 18.2 Å². The van der Waals surface area contributed by atoms with Gasteiger partial charge in [-0.1, -0.05) is 11.3 Å². The fraction of sp³-hybridized carbons (Fsp3) is 0.182. The number of hydrogen-bond donors (Lipinski definition) is 0. The van der Waals surface area contributed by atoms with Crippen molar-refractivity contribution >= 4 is 27.7 Å². The van der Waals surface area contributed by atoms with Gasteiger partial charge in [-0.25, -0.2) is 0 Å². The van der Waals surface area contributed by atoms with Crippen LogP contribution in [0, 0.1) is 0 Å². The van der Waals surface area contributed by atoms with Crippen LogP contribution in [0.1, 0.15) is 10.4 Å². The molecule has 0 saturated carbocycles. The zero-order valence-corrected chi connectivity index (χ0v) is 9.26. The number of fused-ring (bicyclic) bond motifs is 1. The SMILES string of the molecule is COc1ccc2c(C=O)c(OC)sc2c1. The molecule has 78 valence electrons. The van der Waals surface area contributed by atoms with Crippen molar-refractivity contribution in [2.24, 2.45) is 0 Å². The van der Waals surface area contributed by atoms with Crippen molar-refractivity contribution in [2.45, 2.75) is 0 Å². The van der Waals surface area contributed by atoms with E-state index in [9.17, 15) is 4.79 Å². The first kappa shape index (κ1) is 9.98. The summed E-state index contributed by atoms with van der Waals surface area (Å²) in [7, 11) is 3.18. The van der Waals surface area contributed by atoms with Gasteiger partial charge < -0.3 is 9.47 Å². The van der Waals surface area contributed by atoms with E-state index in [1.54, 1.807) is 14.2 Å². The van der Waals surface area contributed by atoms with Gasteiger partial charge in [0.2, 0.25) is 0 Å². The van der Waals surface area contributed by atoms with Gasteiger partial charge in [0.1, 0.15) is 5.75 Å². The number of aldehydes is 1. The molecule has 1 heterocycles. The molecular formula is C11H10O3S. The average Bonchev–Trinajstić information content (AvgIpc) is 2.65. The molecule has 4 heteroatoms. The predicted molar refractivity (Wildman–Crippen MR) is 60.3 cm³/mol. The van der Waals surface area contributed by atoms with E-state index < -0.39 is 0 Å². The molecule has 2 aromatic rings. The average molecular weight is 222 g/mol. The molecule has 0 aliphatic carbocycles. The van der Waals surface area contributed by atoms with Gasteiger partial charge in [0.15, 0.2) is 11.3 Å². The maximum absolute atomic E-state index is 10.9. The molecule has 1 aromatic carbocycles. The maximum Gasteiger partial charge on any atom is 0.185 e. The van der Waals surface area contributed by atoms with Gasteiger partial charge in [0.25, 0.3) is 0 Å². The molecule has 2 rings (SSSR count). The van der Waals surface area contributed by atoms with Crippen molar-refractivity contribution in [2.75, 3.05) is 14.2 Å². The van der Waals surface area contributed by atoms with Crippen LogP contribution in [0.5, 0.6) is 10.8 Å². The summed E-state index contributed by atoms with van der Waals surface area (Å²) in [6.07, 6.45) is 0.824. The predicted octanol–water partition coefficient (Wildman–Crippen LogP) is 2.73. The van der Waals surface area contributed by atoms with Crippen molar-refractivity contribution in [3.63, 3.8) is 0 Å². The Morgan fingerprint density at radius 3 is 2.67 bits per heavy atom. The van der Waals surface area contributed by atoms with Gasteiger partial charge in [-0.2, -0.15) is 0 Å². The molecule has 0 atom stereocenters. The normalized spacial score (nSPS) is 10.3. The Morgan fingerprint density at radius 1 is 1.27 bits per heavy atom. The second-order valence-electron chi connectivity index (χ2n) is 2.99. The number of carbonyl (C=O) groups is 1. The molecule has 0 N–H and O–H groups in total. The zero-order chi connectivity index (χ0) is 10.8. The quantitative estimate of drug-likeness (QED) is 0.749. The highest BCUT2D eigenvalue weighted by Gasteiger charge is 2.12. The summed E-state index contributed by atoms with van der Waals surface area (Å²) in [6.45, 7) is 0. The molecule has 0 spiro atoms. The van der Waals surface area contributed by atoms with Crippen molar-refractivity contribution < 1.29 is 14.3 Å². The number of thiophene rings is 1. The van der Waals surface area contributed by atoms with E-state index in [2.05, 4.69) is 0 Å². The van der Waals surface area contributed by atoms with Gasteiger partial charge in [-0.15, -0.1) is 0 Å². The van der Waals surface area contributed by atoms with Crippen molar-refractivity contribution in [1.82, 2.24) is 0 Å². The molecule has 0 amide bonds. The topological polar surface area (TPSA) is 35.5 Å². The van der Waals surface area contributed by atoms with Crippen molar-refractivity contribution in [3.05, 3.63) is 23.8 Å². The molecular weight excluding hydrogens is 212 g/mol.